The average Bonchev–Trinajstić information content (AvgIpc) is 2.98. The first-order chi connectivity index (χ1) is 7.96. The zero-order valence-electron chi connectivity index (χ0n) is 11.0. The molecule has 1 aromatic rings. The second-order valence-electron chi connectivity index (χ2n) is 5.26. The number of thioether (sulfide) groups is 1. The number of nitrogens with zero attached hydrogens (tertiary/aromatic N) is 3. The first-order valence-corrected chi connectivity index (χ1v) is 7.03. The minimum atomic E-state index is -0.0477. The summed E-state index contributed by atoms with van der Waals surface area (Å²) in [5, 5.41) is 7.32. The van der Waals surface area contributed by atoms with Crippen LogP contribution in [-0.2, 0) is 17.1 Å². The number of hydrogen-bond acceptors (Lipinski definition) is 6. The van der Waals surface area contributed by atoms with Gasteiger partial charge in [-0.2, -0.15) is 15.0 Å². The topological polar surface area (TPSA) is 62.7 Å². The van der Waals surface area contributed by atoms with Crippen LogP contribution in [0.2, 0.25) is 0 Å². The molecule has 5 nitrogen and oxygen atoms in total. The number of nitrogens with one attached hydrogen (secondary N) is 2. The zero-order chi connectivity index (χ0) is 12.5. The Morgan fingerprint density at radius 1 is 1.11 bits per heavy atom. The summed E-state index contributed by atoms with van der Waals surface area (Å²) >= 11 is 1.53. The summed E-state index contributed by atoms with van der Waals surface area (Å²) in [5.41, 5.74) is -0.0477. The van der Waals surface area contributed by atoms with E-state index in [1.165, 1.54) is 24.6 Å². The van der Waals surface area contributed by atoms with Gasteiger partial charge in [0.1, 0.15) is 0 Å². The van der Waals surface area contributed by atoms with Crippen molar-refractivity contribution in [3.8, 4) is 0 Å². The molecule has 2 N–H and O–H groups in total. The zero-order valence-corrected chi connectivity index (χ0v) is 12.8. The quantitative estimate of drug-likeness (QED) is 0.657. The van der Waals surface area contributed by atoms with E-state index in [4.69, 9.17) is 0 Å². The molecule has 1 aliphatic rings. The molecule has 1 heterocycles. The van der Waals surface area contributed by atoms with Crippen LogP contribution in [0.3, 0.4) is 0 Å². The van der Waals surface area contributed by atoms with Crippen molar-refractivity contribution in [2.75, 3.05) is 16.9 Å². The molecule has 1 saturated carbocycles. The summed E-state index contributed by atoms with van der Waals surface area (Å²) in [4.78, 5) is 13.1. The molecule has 105 valence electrons. The maximum absolute atomic E-state index is 4.39. The van der Waals surface area contributed by atoms with E-state index in [1.54, 1.807) is 0 Å². The molecule has 1 aliphatic carbocycles. The molecule has 7 heteroatoms. The van der Waals surface area contributed by atoms with Crippen LogP contribution < -0.4 is 10.6 Å². The maximum atomic E-state index is 4.39. The van der Waals surface area contributed by atoms with Crippen LogP contribution in [0.4, 0.5) is 11.9 Å². The maximum Gasteiger partial charge on any atom is 0.228 e. The van der Waals surface area contributed by atoms with Crippen molar-refractivity contribution in [3.63, 3.8) is 0 Å². The molecular formula is C11H19CuN5S. The summed E-state index contributed by atoms with van der Waals surface area (Å²) in [5.74, 6) is 1.32. The van der Waals surface area contributed by atoms with Gasteiger partial charge in [-0.25, -0.2) is 0 Å². The molecule has 0 amide bonds. The SMILES string of the molecule is CSc1nc(NC2CC2)nc(NC(C)(C)C)n1.[Cu]. The molecule has 1 radical (unpaired) electrons. The van der Waals surface area contributed by atoms with Gasteiger partial charge in [0.15, 0.2) is 5.16 Å². The predicted octanol–water partition coefficient (Wildman–Crippen LogP) is 2.38. The fraction of sp³-hybridized carbons (Fsp3) is 0.727. The van der Waals surface area contributed by atoms with Crippen molar-refractivity contribution in [2.45, 2.75) is 50.4 Å². The fourth-order valence-electron chi connectivity index (χ4n) is 1.31. The van der Waals surface area contributed by atoms with Crippen molar-refractivity contribution in [1.29, 1.82) is 0 Å². The van der Waals surface area contributed by atoms with E-state index in [-0.39, 0.29) is 22.6 Å². The van der Waals surface area contributed by atoms with E-state index >= 15 is 0 Å². The second-order valence-corrected chi connectivity index (χ2v) is 6.04. The van der Waals surface area contributed by atoms with Gasteiger partial charge >= 0.3 is 0 Å². The third-order valence-corrected chi connectivity index (χ3v) is 2.74. The molecule has 0 bridgehead atoms. The molecule has 2 rings (SSSR count). The van der Waals surface area contributed by atoms with Gasteiger partial charge in [0.2, 0.25) is 11.9 Å². The number of rotatable bonds is 4. The van der Waals surface area contributed by atoms with Crippen LogP contribution in [-0.4, -0.2) is 32.8 Å². The summed E-state index contributed by atoms with van der Waals surface area (Å²) in [7, 11) is 0. The van der Waals surface area contributed by atoms with Gasteiger partial charge < -0.3 is 10.6 Å². The van der Waals surface area contributed by atoms with Gasteiger partial charge in [-0.3, -0.25) is 0 Å². The molecule has 1 aromatic heterocycles. The Labute approximate surface area is 123 Å². The number of anilines is 2. The van der Waals surface area contributed by atoms with E-state index in [9.17, 15) is 0 Å². The van der Waals surface area contributed by atoms with Gasteiger partial charge in [-0.1, -0.05) is 11.8 Å². The third-order valence-electron chi connectivity index (χ3n) is 2.19. The summed E-state index contributed by atoms with van der Waals surface area (Å²) < 4.78 is 0. The minimum absolute atomic E-state index is 0. The minimum Gasteiger partial charge on any atom is -0.351 e. The summed E-state index contributed by atoms with van der Waals surface area (Å²) in [6, 6.07) is 0.551. The smallest absolute Gasteiger partial charge is 0.228 e. The summed E-state index contributed by atoms with van der Waals surface area (Å²) in [6.45, 7) is 6.26. The largest absolute Gasteiger partial charge is 0.351 e. The van der Waals surface area contributed by atoms with Gasteiger partial charge in [0.05, 0.1) is 0 Å². The monoisotopic (exact) mass is 316 g/mol. The summed E-state index contributed by atoms with van der Waals surface area (Å²) in [6.07, 6.45) is 4.39. The van der Waals surface area contributed by atoms with E-state index in [0.29, 0.717) is 17.9 Å². The Balaban J connectivity index is 0.00000162. The first kappa shape index (κ1) is 15.5. The predicted molar refractivity (Wildman–Crippen MR) is 71.6 cm³/mol. The Kier molecular flexibility index (Phi) is 5.25. The van der Waals surface area contributed by atoms with Gasteiger partial charge in [-0.05, 0) is 39.9 Å². The van der Waals surface area contributed by atoms with Crippen molar-refractivity contribution in [1.82, 2.24) is 15.0 Å². The molecule has 0 spiro atoms. The molecule has 0 saturated heterocycles. The van der Waals surface area contributed by atoms with Crippen molar-refractivity contribution < 1.29 is 17.1 Å². The van der Waals surface area contributed by atoms with Crippen LogP contribution in [0, 0.1) is 0 Å². The van der Waals surface area contributed by atoms with Crippen molar-refractivity contribution in [3.05, 3.63) is 0 Å². The fourth-order valence-corrected chi connectivity index (χ4v) is 1.67. The van der Waals surface area contributed by atoms with E-state index in [0.717, 1.165) is 5.16 Å². The molecule has 0 aromatic carbocycles. The molecule has 0 unspecified atom stereocenters. The van der Waals surface area contributed by atoms with Gasteiger partial charge in [0, 0.05) is 28.6 Å². The standard InChI is InChI=1S/C11H19N5S.Cu/c1-11(2,3)16-9-13-8(12-7-5-6-7)14-10(15-9)17-4;/h7H,5-6H2,1-4H3,(H2,12,13,14,15,16);. The van der Waals surface area contributed by atoms with Crippen molar-refractivity contribution in [2.24, 2.45) is 0 Å². The Morgan fingerprint density at radius 3 is 2.22 bits per heavy atom. The number of aromatic nitrogens is 3. The molecular weight excluding hydrogens is 298 g/mol. The Morgan fingerprint density at radius 2 is 1.72 bits per heavy atom. The van der Waals surface area contributed by atoms with Crippen molar-refractivity contribution >= 4 is 23.7 Å². The van der Waals surface area contributed by atoms with Crippen LogP contribution >= 0.6 is 11.8 Å². The average molecular weight is 317 g/mol. The van der Waals surface area contributed by atoms with E-state index in [2.05, 4.69) is 46.4 Å². The van der Waals surface area contributed by atoms with Crippen LogP contribution in [0.25, 0.3) is 0 Å². The third kappa shape index (κ3) is 5.00. The first-order valence-electron chi connectivity index (χ1n) is 5.81. The van der Waals surface area contributed by atoms with Crippen LogP contribution in [0.1, 0.15) is 33.6 Å². The molecule has 0 aliphatic heterocycles. The molecule has 18 heavy (non-hydrogen) atoms. The Hall–Kier alpha value is -0.521. The van der Waals surface area contributed by atoms with E-state index < -0.39 is 0 Å². The number of hydrogen-bond donors (Lipinski definition) is 2. The van der Waals surface area contributed by atoms with Gasteiger partial charge in [0.25, 0.3) is 0 Å². The Bertz CT molecular complexity index is 403. The molecule has 0 atom stereocenters. The van der Waals surface area contributed by atoms with Crippen LogP contribution in [0.15, 0.2) is 5.16 Å². The van der Waals surface area contributed by atoms with E-state index in [1.807, 2.05) is 6.26 Å². The molecule has 1 fully saturated rings. The van der Waals surface area contributed by atoms with Gasteiger partial charge in [-0.15, -0.1) is 0 Å². The second kappa shape index (κ2) is 6.08. The van der Waals surface area contributed by atoms with Crippen LogP contribution in [0.5, 0.6) is 0 Å². The normalized spacial score (nSPS) is 14.9.